The molecule has 0 saturated heterocycles. The molecule has 0 atom stereocenters. The Bertz CT molecular complexity index is 454. The number of nitrogens with zero attached hydrogens (tertiary/aromatic N) is 2. The molecule has 0 fully saturated rings. The monoisotopic (exact) mass is 215 g/mol. The van der Waals surface area contributed by atoms with Crippen LogP contribution < -0.4 is 5.32 Å². The Morgan fingerprint density at radius 3 is 2.31 bits per heavy atom. The third kappa shape index (κ3) is 2.42. The molecule has 2 aromatic rings. The molecule has 1 heterocycles. The van der Waals surface area contributed by atoms with Gasteiger partial charge in [0.15, 0.2) is 0 Å². The molecular formula is C13H17N3. The predicted octanol–water partition coefficient (Wildman–Crippen LogP) is 2.91. The van der Waals surface area contributed by atoms with Gasteiger partial charge in [0.05, 0.1) is 6.20 Å². The van der Waals surface area contributed by atoms with E-state index >= 15 is 0 Å². The summed E-state index contributed by atoms with van der Waals surface area (Å²) in [4.78, 5) is 0. The molecule has 0 bridgehead atoms. The van der Waals surface area contributed by atoms with Crippen LogP contribution in [0.5, 0.6) is 0 Å². The van der Waals surface area contributed by atoms with Crippen LogP contribution in [0.3, 0.4) is 0 Å². The summed E-state index contributed by atoms with van der Waals surface area (Å²) in [5, 5.41) is 7.53. The van der Waals surface area contributed by atoms with E-state index in [9.17, 15) is 0 Å². The van der Waals surface area contributed by atoms with E-state index in [2.05, 4.69) is 48.5 Å². The molecule has 1 aromatic carbocycles. The Hall–Kier alpha value is -1.77. The quantitative estimate of drug-likeness (QED) is 0.853. The molecule has 0 radical (unpaired) electrons. The maximum atomic E-state index is 4.16. The van der Waals surface area contributed by atoms with Gasteiger partial charge in [0.2, 0.25) is 0 Å². The van der Waals surface area contributed by atoms with Crippen LogP contribution in [0.1, 0.15) is 13.8 Å². The maximum Gasteiger partial charge on any atom is 0.0568 e. The van der Waals surface area contributed by atoms with Crippen LogP contribution in [0.4, 0.5) is 5.69 Å². The van der Waals surface area contributed by atoms with Crippen molar-refractivity contribution in [2.45, 2.75) is 19.9 Å². The molecule has 2 rings (SSSR count). The van der Waals surface area contributed by atoms with Gasteiger partial charge in [0.25, 0.3) is 0 Å². The van der Waals surface area contributed by atoms with Crippen molar-refractivity contribution in [2.75, 3.05) is 5.32 Å². The van der Waals surface area contributed by atoms with Gasteiger partial charge in [0, 0.05) is 30.5 Å². The summed E-state index contributed by atoms with van der Waals surface area (Å²) >= 11 is 0. The van der Waals surface area contributed by atoms with E-state index in [-0.39, 0.29) is 0 Å². The fraction of sp³-hybridized carbons (Fsp3) is 0.308. The number of rotatable bonds is 3. The Balaban J connectivity index is 2.19. The van der Waals surface area contributed by atoms with Crippen LogP contribution in [0.15, 0.2) is 36.7 Å². The molecule has 0 saturated carbocycles. The fourth-order valence-corrected chi connectivity index (χ4v) is 1.66. The molecular weight excluding hydrogens is 198 g/mol. The smallest absolute Gasteiger partial charge is 0.0568 e. The molecule has 16 heavy (non-hydrogen) atoms. The first-order valence-corrected chi connectivity index (χ1v) is 5.51. The van der Waals surface area contributed by atoms with Crippen molar-refractivity contribution in [2.24, 2.45) is 7.05 Å². The van der Waals surface area contributed by atoms with Gasteiger partial charge >= 0.3 is 0 Å². The van der Waals surface area contributed by atoms with Gasteiger partial charge < -0.3 is 5.32 Å². The zero-order valence-electron chi connectivity index (χ0n) is 9.94. The lowest BCUT2D eigenvalue weighted by Gasteiger charge is -2.09. The van der Waals surface area contributed by atoms with E-state index in [0.29, 0.717) is 6.04 Å². The van der Waals surface area contributed by atoms with Gasteiger partial charge in [-0.2, -0.15) is 5.10 Å². The molecule has 0 aliphatic rings. The molecule has 1 aromatic heterocycles. The van der Waals surface area contributed by atoms with E-state index in [4.69, 9.17) is 0 Å². The molecule has 0 aliphatic heterocycles. The largest absolute Gasteiger partial charge is 0.383 e. The first-order chi connectivity index (χ1) is 7.65. The van der Waals surface area contributed by atoms with Crippen molar-refractivity contribution in [3.05, 3.63) is 36.7 Å². The SMILES string of the molecule is CC(C)Nc1ccc(-c2cnn(C)c2)cc1. The molecule has 0 unspecified atom stereocenters. The van der Waals surface area contributed by atoms with Crippen molar-refractivity contribution in [1.82, 2.24) is 9.78 Å². The number of anilines is 1. The Morgan fingerprint density at radius 2 is 1.81 bits per heavy atom. The van der Waals surface area contributed by atoms with Crippen molar-refractivity contribution in [1.29, 1.82) is 0 Å². The molecule has 84 valence electrons. The van der Waals surface area contributed by atoms with Crippen molar-refractivity contribution in [3.8, 4) is 11.1 Å². The fourth-order valence-electron chi connectivity index (χ4n) is 1.66. The van der Waals surface area contributed by atoms with E-state index in [0.717, 1.165) is 11.3 Å². The lowest BCUT2D eigenvalue weighted by molar-refractivity contribution is 0.768. The van der Waals surface area contributed by atoms with E-state index in [1.165, 1.54) is 5.56 Å². The number of aromatic nitrogens is 2. The third-order valence-electron chi connectivity index (χ3n) is 2.38. The number of hydrogen-bond acceptors (Lipinski definition) is 2. The molecule has 0 amide bonds. The van der Waals surface area contributed by atoms with Crippen LogP contribution in [0.2, 0.25) is 0 Å². The van der Waals surface area contributed by atoms with E-state index in [1.807, 2.05) is 24.1 Å². The van der Waals surface area contributed by atoms with Crippen LogP contribution >= 0.6 is 0 Å². The lowest BCUT2D eigenvalue weighted by Crippen LogP contribution is -2.09. The van der Waals surface area contributed by atoms with Gasteiger partial charge in [-0.1, -0.05) is 12.1 Å². The summed E-state index contributed by atoms with van der Waals surface area (Å²) in [6.45, 7) is 4.27. The molecule has 0 aliphatic carbocycles. The highest BCUT2D eigenvalue weighted by Crippen LogP contribution is 2.20. The number of benzene rings is 1. The highest BCUT2D eigenvalue weighted by atomic mass is 15.2. The zero-order valence-corrected chi connectivity index (χ0v) is 9.94. The highest BCUT2D eigenvalue weighted by Gasteiger charge is 2.00. The topological polar surface area (TPSA) is 29.9 Å². The minimum atomic E-state index is 0.462. The van der Waals surface area contributed by atoms with Gasteiger partial charge in [-0.25, -0.2) is 0 Å². The zero-order chi connectivity index (χ0) is 11.5. The number of aryl methyl sites for hydroxylation is 1. The molecule has 3 heteroatoms. The van der Waals surface area contributed by atoms with E-state index < -0.39 is 0 Å². The van der Waals surface area contributed by atoms with Crippen molar-refractivity contribution < 1.29 is 0 Å². The van der Waals surface area contributed by atoms with Gasteiger partial charge in [-0.15, -0.1) is 0 Å². The summed E-state index contributed by atoms with van der Waals surface area (Å²) in [7, 11) is 1.93. The summed E-state index contributed by atoms with van der Waals surface area (Å²) in [6, 6.07) is 8.89. The second-order valence-electron chi connectivity index (χ2n) is 4.28. The van der Waals surface area contributed by atoms with Crippen LogP contribution in [0.25, 0.3) is 11.1 Å². The van der Waals surface area contributed by atoms with Crippen molar-refractivity contribution in [3.63, 3.8) is 0 Å². The first kappa shape index (κ1) is 10.7. The van der Waals surface area contributed by atoms with Gasteiger partial charge in [0.1, 0.15) is 0 Å². The summed E-state index contributed by atoms with van der Waals surface area (Å²) in [6.07, 6.45) is 3.90. The van der Waals surface area contributed by atoms with Crippen LogP contribution in [-0.2, 0) is 7.05 Å². The number of nitrogens with one attached hydrogen (secondary N) is 1. The second-order valence-corrected chi connectivity index (χ2v) is 4.28. The standard InChI is InChI=1S/C13H17N3/c1-10(2)15-13-6-4-11(5-7-13)12-8-14-16(3)9-12/h4-10,15H,1-3H3. The molecule has 3 nitrogen and oxygen atoms in total. The minimum absolute atomic E-state index is 0.462. The number of hydrogen-bond donors (Lipinski definition) is 1. The van der Waals surface area contributed by atoms with Crippen molar-refractivity contribution >= 4 is 5.69 Å². The first-order valence-electron chi connectivity index (χ1n) is 5.51. The summed E-state index contributed by atoms with van der Waals surface area (Å²) in [5.41, 5.74) is 3.50. The normalized spacial score (nSPS) is 10.8. The average Bonchev–Trinajstić information content (AvgIpc) is 2.65. The van der Waals surface area contributed by atoms with E-state index in [1.54, 1.807) is 0 Å². The summed E-state index contributed by atoms with van der Waals surface area (Å²) in [5.74, 6) is 0. The highest BCUT2D eigenvalue weighted by molar-refractivity contribution is 5.64. The van der Waals surface area contributed by atoms with Crippen LogP contribution in [0, 0.1) is 0 Å². The average molecular weight is 215 g/mol. The predicted molar refractivity (Wildman–Crippen MR) is 67.4 cm³/mol. The van der Waals surface area contributed by atoms with Crippen LogP contribution in [-0.4, -0.2) is 15.8 Å². The minimum Gasteiger partial charge on any atom is -0.383 e. The van der Waals surface area contributed by atoms with Gasteiger partial charge in [-0.05, 0) is 31.5 Å². The Labute approximate surface area is 96.1 Å². The molecule has 1 N–H and O–H groups in total. The second kappa shape index (κ2) is 4.39. The maximum absolute atomic E-state index is 4.16. The molecule has 0 spiro atoms. The van der Waals surface area contributed by atoms with Gasteiger partial charge in [-0.3, -0.25) is 4.68 Å². The Kier molecular flexibility index (Phi) is 2.95. The lowest BCUT2D eigenvalue weighted by atomic mass is 10.1. The summed E-state index contributed by atoms with van der Waals surface area (Å²) < 4.78 is 1.82. The Morgan fingerprint density at radius 1 is 1.12 bits per heavy atom. The third-order valence-corrected chi connectivity index (χ3v) is 2.38.